The van der Waals surface area contributed by atoms with E-state index in [-0.39, 0.29) is 38.9 Å². The molecular formula is C16H14N4O6S. The number of benzene rings is 1. The summed E-state index contributed by atoms with van der Waals surface area (Å²) in [5.41, 5.74) is 10.7. The van der Waals surface area contributed by atoms with Crippen molar-refractivity contribution >= 4 is 39.7 Å². The molecule has 0 unspecified atom stereocenters. The van der Waals surface area contributed by atoms with E-state index in [1.54, 1.807) is 6.92 Å². The van der Waals surface area contributed by atoms with E-state index in [1.165, 1.54) is 12.1 Å². The molecule has 0 saturated carbocycles. The van der Waals surface area contributed by atoms with Crippen LogP contribution in [0, 0.1) is 21.4 Å². The fourth-order valence-corrected chi connectivity index (χ4v) is 3.07. The number of hydrogen-bond donors (Lipinski definition) is 2. The van der Waals surface area contributed by atoms with Crippen molar-refractivity contribution < 1.29 is 24.0 Å². The molecule has 0 saturated heterocycles. The number of nitrogens with two attached hydrogens (primary N) is 2. The molecule has 0 atom stereocenters. The number of ether oxygens (including phenoxy) is 2. The highest BCUT2D eigenvalue weighted by molar-refractivity contribution is 7.18. The molecule has 2 rings (SSSR count). The second kappa shape index (κ2) is 8.15. The quantitative estimate of drug-likeness (QED) is 0.324. The van der Waals surface area contributed by atoms with Crippen LogP contribution in [0.25, 0.3) is 0 Å². The molecular weight excluding hydrogens is 376 g/mol. The number of nitrogen functional groups attached to an aromatic ring is 2. The number of carbonyl (C=O) groups is 2. The van der Waals surface area contributed by atoms with E-state index in [4.69, 9.17) is 20.9 Å². The molecule has 1 heterocycles. The lowest BCUT2D eigenvalue weighted by Gasteiger charge is -2.07. The lowest BCUT2D eigenvalue weighted by atomic mass is 10.1. The molecule has 0 aliphatic heterocycles. The molecule has 2 aromatic rings. The van der Waals surface area contributed by atoms with Crippen molar-refractivity contribution in [1.82, 2.24) is 0 Å². The number of nitro benzene ring substituents is 1. The first kappa shape index (κ1) is 19.7. The summed E-state index contributed by atoms with van der Waals surface area (Å²) in [7, 11) is 0. The second-order valence-electron chi connectivity index (χ2n) is 5.09. The van der Waals surface area contributed by atoms with Gasteiger partial charge in [-0.15, -0.1) is 11.3 Å². The Morgan fingerprint density at radius 1 is 1.30 bits per heavy atom. The highest BCUT2D eigenvalue weighted by atomic mass is 32.1. The Balaban J connectivity index is 2.27. The van der Waals surface area contributed by atoms with E-state index in [9.17, 15) is 25.0 Å². The molecule has 10 nitrogen and oxygen atoms in total. The van der Waals surface area contributed by atoms with E-state index in [0.717, 1.165) is 17.4 Å². The van der Waals surface area contributed by atoms with Crippen molar-refractivity contribution in [3.8, 4) is 6.07 Å². The number of anilines is 2. The number of nitrogens with zero attached hydrogens (tertiary/aromatic N) is 2. The lowest BCUT2D eigenvalue weighted by Crippen LogP contribution is -2.10. The van der Waals surface area contributed by atoms with E-state index >= 15 is 0 Å². The van der Waals surface area contributed by atoms with Crippen LogP contribution in [0.4, 0.5) is 16.4 Å². The molecule has 140 valence electrons. The Morgan fingerprint density at radius 3 is 2.59 bits per heavy atom. The SMILES string of the molecule is CCOC(=O)c1sc(N)c(C#N)c1COC(=O)c1ccc(N)c([N+](=O)[O-])c1. The summed E-state index contributed by atoms with van der Waals surface area (Å²) in [6, 6.07) is 5.32. The van der Waals surface area contributed by atoms with Gasteiger partial charge in [-0.05, 0) is 19.1 Å². The minimum absolute atomic E-state index is 0.0131. The molecule has 11 heteroatoms. The van der Waals surface area contributed by atoms with Gasteiger partial charge in [0.15, 0.2) is 0 Å². The molecule has 0 radical (unpaired) electrons. The fourth-order valence-electron chi connectivity index (χ4n) is 2.16. The van der Waals surface area contributed by atoms with Gasteiger partial charge in [0, 0.05) is 11.6 Å². The number of carbonyl (C=O) groups excluding carboxylic acids is 2. The summed E-state index contributed by atoms with van der Waals surface area (Å²) in [6.07, 6.45) is 0. The van der Waals surface area contributed by atoms with Crippen molar-refractivity contribution in [3.05, 3.63) is 49.9 Å². The second-order valence-corrected chi connectivity index (χ2v) is 6.14. The van der Waals surface area contributed by atoms with Crippen LogP contribution in [0.15, 0.2) is 18.2 Å². The minimum atomic E-state index is -0.887. The third-order valence-electron chi connectivity index (χ3n) is 3.42. The van der Waals surface area contributed by atoms with Crippen LogP contribution < -0.4 is 11.5 Å². The maximum atomic E-state index is 12.2. The molecule has 0 spiro atoms. The fraction of sp³-hybridized carbons (Fsp3) is 0.188. The Labute approximate surface area is 157 Å². The summed E-state index contributed by atoms with van der Waals surface area (Å²) in [4.78, 5) is 34.5. The zero-order chi connectivity index (χ0) is 20.1. The normalized spacial score (nSPS) is 10.1. The van der Waals surface area contributed by atoms with E-state index < -0.39 is 29.2 Å². The molecule has 1 aromatic carbocycles. The molecule has 0 fully saturated rings. The summed E-state index contributed by atoms with van der Waals surface area (Å²) in [5.74, 6) is -1.58. The number of esters is 2. The number of thiophene rings is 1. The Hall–Kier alpha value is -3.65. The Kier molecular flexibility index (Phi) is 5.94. The Morgan fingerprint density at radius 2 is 2.00 bits per heavy atom. The van der Waals surface area contributed by atoms with Crippen molar-refractivity contribution in [2.75, 3.05) is 18.1 Å². The van der Waals surface area contributed by atoms with Crippen molar-refractivity contribution in [2.24, 2.45) is 0 Å². The maximum absolute atomic E-state index is 12.2. The number of nitro groups is 1. The van der Waals surface area contributed by atoms with E-state index in [2.05, 4.69) is 0 Å². The van der Waals surface area contributed by atoms with Gasteiger partial charge in [0.2, 0.25) is 0 Å². The molecule has 0 aliphatic carbocycles. The van der Waals surface area contributed by atoms with Crippen LogP contribution in [-0.4, -0.2) is 23.5 Å². The van der Waals surface area contributed by atoms with Crippen LogP contribution in [0.1, 0.15) is 38.1 Å². The largest absolute Gasteiger partial charge is 0.462 e. The summed E-state index contributed by atoms with van der Waals surface area (Å²) in [6.45, 7) is 1.31. The van der Waals surface area contributed by atoms with Crippen LogP contribution >= 0.6 is 11.3 Å². The summed E-state index contributed by atoms with van der Waals surface area (Å²) in [5, 5.41) is 20.2. The number of rotatable bonds is 6. The Bertz CT molecular complexity index is 963. The average molecular weight is 390 g/mol. The monoisotopic (exact) mass is 390 g/mol. The topological polar surface area (TPSA) is 172 Å². The zero-order valence-electron chi connectivity index (χ0n) is 14.1. The van der Waals surface area contributed by atoms with Gasteiger partial charge in [0.05, 0.1) is 22.7 Å². The van der Waals surface area contributed by atoms with Gasteiger partial charge in [0.1, 0.15) is 28.2 Å². The van der Waals surface area contributed by atoms with Crippen molar-refractivity contribution in [1.29, 1.82) is 5.26 Å². The van der Waals surface area contributed by atoms with Gasteiger partial charge in [0.25, 0.3) is 5.69 Å². The third-order valence-corrected chi connectivity index (χ3v) is 4.46. The molecule has 0 aliphatic rings. The van der Waals surface area contributed by atoms with Gasteiger partial charge >= 0.3 is 11.9 Å². The summed E-state index contributed by atoms with van der Waals surface area (Å²) < 4.78 is 10.0. The third kappa shape index (κ3) is 4.13. The lowest BCUT2D eigenvalue weighted by molar-refractivity contribution is -0.383. The molecule has 27 heavy (non-hydrogen) atoms. The molecule has 0 amide bonds. The standard InChI is InChI=1S/C16H14N4O6S/c1-2-25-16(22)13-10(9(6-17)14(19)27-13)7-26-15(21)8-3-4-11(18)12(5-8)20(23)24/h3-5H,2,7,18-19H2,1H3. The average Bonchev–Trinajstić information content (AvgIpc) is 2.95. The minimum Gasteiger partial charge on any atom is -0.462 e. The molecule has 4 N–H and O–H groups in total. The first-order valence-corrected chi connectivity index (χ1v) is 8.31. The zero-order valence-corrected chi connectivity index (χ0v) is 14.9. The van der Waals surface area contributed by atoms with Crippen LogP contribution in [0.2, 0.25) is 0 Å². The van der Waals surface area contributed by atoms with Crippen LogP contribution in [0.3, 0.4) is 0 Å². The maximum Gasteiger partial charge on any atom is 0.348 e. The van der Waals surface area contributed by atoms with E-state index in [0.29, 0.717) is 0 Å². The first-order valence-electron chi connectivity index (χ1n) is 7.49. The first-order chi connectivity index (χ1) is 12.8. The highest BCUT2D eigenvalue weighted by Gasteiger charge is 2.24. The van der Waals surface area contributed by atoms with Crippen molar-refractivity contribution in [2.45, 2.75) is 13.5 Å². The number of nitriles is 1. The van der Waals surface area contributed by atoms with Crippen LogP contribution in [-0.2, 0) is 16.1 Å². The molecule has 0 bridgehead atoms. The van der Waals surface area contributed by atoms with Gasteiger partial charge < -0.3 is 20.9 Å². The predicted molar refractivity (Wildman–Crippen MR) is 96.0 cm³/mol. The highest BCUT2D eigenvalue weighted by Crippen LogP contribution is 2.32. The smallest absolute Gasteiger partial charge is 0.348 e. The van der Waals surface area contributed by atoms with Gasteiger partial charge in [-0.25, -0.2) is 9.59 Å². The van der Waals surface area contributed by atoms with Gasteiger partial charge in [-0.2, -0.15) is 5.26 Å². The van der Waals surface area contributed by atoms with E-state index in [1.807, 2.05) is 6.07 Å². The van der Waals surface area contributed by atoms with Crippen LogP contribution in [0.5, 0.6) is 0 Å². The molecule has 1 aromatic heterocycles. The van der Waals surface area contributed by atoms with Gasteiger partial charge in [-0.3, -0.25) is 10.1 Å². The predicted octanol–water partition coefficient (Wildman–Crippen LogP) is 2.23. The number of hydrogen-bond acceptors (Lipinski definition) is 10. The van der Waals surface area contributed by atoms with Gasteiger partial charge in [-0.1, -0.05) is 0 Å². The summed E-state index contributed by atoms with van der Waals surface area (Å²) >= 11 is 0.853. The van der Waals surface area contributed by atoms with Crippen molar-refractivity contribution in [3.63, 3.8) is 0 Å².